The first-order valence-electron chi connectivity index (χ1n) is 10.8. The molecule has 2 aliphatic rings. The van der Waals surface area contributed by atoms with Crippen LogP contribution in [0.4, 0.5) is 10.1 Å². The Kier molecular flexibility index (Phi) is 6.39. The number of ether oxygens (including phenoxy) is 1. The topological polar surface area (TPSA) is 41.0 Å². The fourth-order valence-electron chi connectivity index (χ4n) is 4.64. The third-order valence-electron chi connectivity index (χ3n) is 6.34. The Labute approximate surface area is 177 Å². The van der Waals surface area contributed by atoms with Crippen LogP contribution in [0.25, 0.3) is 0 Å². The Morgan fingerprint density at radius 2 is 1.90 bits per heavy atom. The Morgan fingerprint density at radius 1 is 1.10 bits per heavy atom. The monoisotopic (exact) mass is 414 g/mol. The van der Waals surface area contributed by atoms with Gasteiger partial charge in [-0.3, -0.25) is 9.69 Å². The van der Waals surface area contributed by atoms with E-state index in [1.807, 2.05) is 34.8 Å². The maximum absolute atomic E-state index is 13.5. The molecule has 162 valence electrons. The van der Waals surface area contributed by atoms with Crippen molar-refractivity contribution in [1.82, 2.24) is 14.4 Å². The fraction of sp³-hybridized carbons (Fsp3) is 0.522. The Morgan fingerprint density at radius 3 is 2.63 bits per heavy atom. The lowest BCUT2D eigenvalue weighted by Gasteiger charge is -2.36. The number of amides is 1. The number of anilines is 1. The highest BCUT2D eigenvalue weighted by molar-refractivity contribution is 5.96. The Balaban J connectivity index is 1.27. The summed E-state index contributed by atoms with van der Waals surface area (Å²) >= 11 is 0. The second-order valence-corrected chi connectivity index (χ2v) is 8.19. The molecule has 30 heavy (non-hydrogen) atoms. The first-order valence-corrected chi connectivity index (χ1v) is 10.8. The Bertz CT molecular complexity index is 876. The van der Waals surface area contributed by atoms with Gasteiger partial charge in [-0.05, 0) is 43.7 Å². The molecule has 1 aromatic heterocycles. The summed E-state index contributed by atoms with van der Waals surface area (Å²) in [6, 6.07) is 8.73. The number of carbonyl (C=O) groups is 1. The smallest absolute Gasteiger partial charge is 0.255 e. The largest absolute Gasteiger partial charge is 0.375 e. The first kappa shape index (κ1) is 20.9. The van der Waals surface area contributed by atoms with Gasteiger partial charge in [0.1, 0.15) is 5.82 Å². The van der Waals surface area contributed by atoms with E-state index >= 15 is 0 Å². The third-order valence-corrected chi connectivity index (χ3v) is 6.34. The minimum atomic E-state index is -0.186. The summed E-state index contributed by atoms with van der Waals surface area (Å²) < 4.78 is 21.1. The van der Waals surface area contributed by atoms with E-state index in [0.29, 0.717) is 0 Å². The molecule has 7 heteroatoms. The maximum Gasteiger partial charge on any atom is 0.255 e. The molecule has 0 bridgehead atoms. The summed E-state index contributed by atoms with van der Waals surface area (Å²) in [5.41, 5.74) is 2.71. The van der Waals surface area contributed by atoms with Gasteiger partial charge >= 0.3 is 0 Å². The number of hydrogen-bond donors (Lipinski definition) is 0. The number of fused-ring (bicyclic) bond motifs is 1. The highest BCUT2D eigenvalue weighted by Gasteiger charge is 2.30. The van der Waals surface area contributed by atoms with E-state index in [4.69, 9.17) is 4.74 Å². The average molecular weight is 415 g/mol. The highest BCUT2D eigenvalue weighted by Crippen LogP contribution is 2.29. The minimum absolute atomic E-state index is 0.0372. The predicted molar refractivity (Wildman–Crippen MR) is 115 cm³/mol. The number of carbonyl (C=O) groups excluding carboxylic acids is 1. The van der Waals surface area contributed by atoms with Crippen molar-refractivity contribution in [2.75, 3.05) is 57.8 Å². The van der Waals surface area contributed by atoms with Gasteiger partial charge < -0.3 is 19.1 Å². The number of nitrogens with zero attached hydrogens (tertiary/aromatic N) is 4. The molecular weight excluding hydrogens is 383 g/mol. The van der Waals surface area contributed by atoms with Crippen LogP contribution in [0, 0.1) is 5.82 Å². The predicted octanol–water partition coefficient (Wildman–Crippen LogP) is 2.91. The second-order valence-electron chi connectivity index (χ2n) is 8.19. The molecule has 0 spiro atoms. The highest BCUT2D eigenvalue weighted by atomic mass is 19.1. The number of aromatic nitrogens is 1. The normalized spacial score (nSPS) is 20.4. The maximum atomic E-state index is 13.5. The zero-order chi connectivity index (χ0) is 21.1. The molecule has 6 nitrogen and oxygen atoms in total. The zero-order valence-corrected chi connectivity index (χ0v) is 17.9. The zero-order valence-electron chi connectivity index (χ0n) is 17.9. The molecule has 2 aliphatic heterocycles. The van der Waals surface area contributed by atoms with E-state index < -0.39 is 0 Å². The third kappa shape index (κ3) is 4.37. The first-order chi connectivity index (χ1) is 14.6. The van der Waals surface area contributed by atoms with Gasteiger partial charge in [0, 0.05) is 65.3 Å². The number of aryl methyl sites for hydroxylation is 1. The van der Waals surface area contributed by atoms with Crippen molar-refractivity contribution in [3.63, 3.8) is 0 Å². The van der Waals surface area contributed by atoms with Crippen LogP contribution in [0.15, 0.2) is 36.5 Å². The van der Waals surface area contributed by atoms with Gasteiger partial charge in [0.15, 0.2) is 0 Å². The molecule has 0 N–H and O–H groups in total. The molecule has 1 fully saturated rings. The van der Waals surface area contributed by atoms with E-state index in [1.165, 1.54) is 6.07 Å². The van der Waals surface area contributed by atoms with Gasteiger partial charge in [-0.2, -0.15) is 0 Å². The van der Waals surface area contributed by atoms with Gasteiger partial charge in [-0.1, -0.05) is 6.07 Å². The van der Waals surface area contributed by atoms with Gasteiger partial charge in [0.2, 0.25) is 0 Å². The van der Waals surface area contributed by atoms with Crippen LogP contribution in [-0.4, -0.2) is 73.2 Å². The van der Waals surface area contributed by atoms with Crippen LogP contribution in [-0.2, 0) is 11.8 Å². The molecule has 1 unspecified atom stereocenters. The van der Waals surface area contributed by atoms with Gasteiger partial charge in [-0.15, -0.1) is 0 Å². The van der Waals surface area contributed by atoms with E-state index in [2.05, 4.69) is 9.80 Å². The number of benzene rings is 1. The molecule has 4 rings (SSSR count). The van der Waals surface area contributed by atoms with Crippen molar-refractivity contribution in [2.45, 2.75) is 18.9 Å². The van der Waals surface area contributed by atoms with Crippen LogP contribution in [0.1, 0.15) is 35.0 Å². The van der Waals surface area contributed by atoms with Crippen molar-refractivity contribution in [3.8, 4) is 0 Å². The molecule has 0 aliphatic carbocycles. The van der Waals surface area contributed by atoms with E-state index in [0.717, 1.165) is 75.6 Å². The van der Waals surface area contributed by atoms with Crippen molar-refractivity contribution in [3.05, 3.63) is 53.6 Å². The Hall–Kier alpha value is -2.38. The standard InChI is InChI=1S/C23H31FN4O2/c1-25-11-7-20-22(25)21(30-2)8-12-28(23(20)29)10-4-9-26-13-15-27(16-14-26)19-6-3-5-18(24)17-19/h3,5-7,11,17,21H,4,8-10,12-16H2,1-2H3. The molecule has 0 radical (unpaired) electrons. The lowest BCUT2D eigenvalue weighted by atomic mass is 10.1. The summed E-state index contributed by atoms with van der Waals surface area (Å²) in [5.74, 6) is -0.0737. The van der Waals surface area contributed by atoms with Gasteiger partial charge in [0.05, 0.1) is 17.4 Å². The minimum Gasteiger partial charge on any atom is -0.375 e. The van der Waals surface area contributed by atoms with Crippen molar-refractivity contribution in [2.24, 2.45) is 7.05 Å². The molecule has 1 amide bonds. The van der Waals surface area contributed by atoms with Crippen molar-refractivity contribution in [1.29, 1.82) is 0 Å². The van der Waals surface area contributed by atoms with Crippen LogP contribution in [0.3, 0.4) is 0 Å². The summed E-state index contributed by atoms with van der Waals surface area (Å²) in [6.07, 6.45) is 3.67. The molecular formula is C23H31FN4O2. The molecule has 1 saturated heterocycles. The average Bonchev–Trinajstić information content (AvgIpc) is 3.08. The molecule has 2 aromatic rings. The van der Waals surface area contributed by atoms with E-state index in [1.54, 1.807) is 19.2 Å². The fourth-order valence-corrected chi connectivity index (χ4v) is 4.64. The number of rotatable bonds is 6. The van der Waals surface area contributed by atoms with Gasteiger partial charge in [0.25, 0.3) is 5.91 Å². The number of piperazine rings is 1. The quantitative estimate of drug-likeness (QED) is 0.729. The van der Waals surface area contributed by atoms with Crippen molar-refractivity contribution < 1.29 is 13.9 Å². The number of halogens is 1. The lowest BCUT2D eigenvalue weighted by molar-refractivity contribution is 0.0689. The molecule has 1 atom stereocenters. The van der Waals surface area contributed by atoms with E-state index in [-0.39, 0.29) is 17.8 Å². The van der Waals surface area contributed by atoms with E-state index in [9.17, 15) is 9.18 Å². The summed E-state index contributed by atoms with van der Waals surface area (Å²) in [7, 11) is 3.68. The van der Waals surface area contributed by atoms with Crippen molar-refractivity contribution >= 4 is 11.6 Å². The van der Waals surface area contributed by atoms with Crippen LogP contribution in [0.2, 0.25) is 0 Å². The SMILES string of the molecule is COC1CCN(CCCN2CCN(c3cccc(F)c3)CC2)C(=O)c2ccn(C)c21. The summed E-state index contributed by atoms with van der Waals surface area (Å²) in [6.45, 7) is 6.16. The van der Waals surface area contributed by atoms with Crippen LogP contribution in [0.5, 0.6) is 0 Å². The number of hydrogen-bond acceptors (Lipinski definition) is 4. The lowest BCUT2D eigenvalue weighted by Crippen LogP contribution is -2.47. The molecule has 3 heterocycles. The molecule has 1 aromatic carbocycles. The van der Waals surface area contributed by atoms with Crippen LogP contribution < -0.4 is 4.90 Å². The van der Waals surface area contributed by atoms with Crippen LogP contribution >= 0.6 is 0 Å². The van der Waals surface area contributed by atoms with Gasteiger partial charge in [-0.25, -0.2) is 4.39 Å². The molecule has 0 saturated carbocycles. The summed E-state index contributed by atoms with van der Waals surface area (Å²) in [5, 5.41) is 0. The second kappa shape index (κ2) is 9.18. The summed E-state index contributed by atoms with van der Waals surface area (Å²) in [4.78, 5) is 19.7. The number of methoxy groups -OCH3 is 1.